The zero-order valence-corrected chi connectivity index (χ0v) is 13.3. The van der Waals surface area contributed by atoms with E-state index in [2.05, 4.69) is 41.1 Å². The molecule has 2 heterocycles. The Kier molecular flexibility index (Phi) is 3.95. The summed E-state index contributed by atoms with van der Waals surface area (Å²) in [5.41, 5.74) is 1.20. The standard InChI is InChI=1S/C16H21N3OS/c1-16(2)10-13(20)8-9-19(11-16)15-18-17-14(21-15)12-6-4-3-5-7-12/h3-7,13,20H,8-11H2,1-2H3/t13-/m1/s1. The molecule has 0 radical (unpaired) electrons. The molecule has 2 aromatic rings. The van der Waals surface area contributed by atoms with Crippen molar-refractivity contribution in [1.29, 1.82) is 0 Å². The first-order valence-corrected chi connectivity index (χ1v) is 8.17. The first-order valence-electron chi connectivity index (χ1n) is 7.35. The summed E-state index contributed by atoms with van der Waals surface area (Å²) in [6.07, 6.45) is 1.42. The van der Waals surface area contributed by atoms with Crippen LogP contribution in [0, 0.1) is 5.41 Å². The van der Waals surface area contributed by atoms with Gasteiger partial charge in [-0.2, -0.15) is 0 Å². The first-order chi connectivity index (χ1) is 10.0. The van der Waals surface area contributed by atoms with Crippen LogP contribution in [-0.4, -0.2) is 34.5 Å². The Morgan fingerprint density at radius 3 is 2.76 bits per heavy atom. The third-order valence-electron chi connectivity index (χ3n) is 3.84. The van der Waals surface area contributed by atoms with E-state index in [1.165, 1.54) is 0 Å². The highest BCUT2D eigenvalue weighted by Gasteiger charge is 2.30. The summed E-state index contributed by atoms with van der Waals surface area (Å²) in [6.45, 7) is 6.16. The average molecular weight is 303 g/mol. The van der Waals surface area contributed by atoms with Gasteiger partial charge in [-0.3, -0.25) is 0 Å². The van der Waals surface area contributed by atoms with Crippen LogP contribution < -0.4 is 4.90 Å². The second kappa shape index (κ2) is 5.73. The number of aliphatic hydroxyl groups is 1. The Bertz CT molecular complexity index is 597. The van der Waals surface area contributed by atoms with Crippen LogP contribution in [0.2, 0.25) is 0 Å². The van der Waals surface area contributed by atoms with E-state index in [0.29, 0.717) is 0 Å². The quantitative estimate of drug-likeness (QED) is 0.925. The van der Waals surface area contributed by atoms with Gasteiger partial charge < -0.3 is 10.0 Å². The van der Waals surface area contributed by atoms with Crippen molar-refractivity contribution in [3.63, 3.8) is 0 Å². The number of aliphatic hydroxyl groups excluding tert-OH is 1. The Labute approximate surface area is 129 Å². The van der Waals surface area contributed by atoms with E-state index in [1.807, 2.05) is 18.2 Å². The van der Waals surface area contributed by atoms with Crippen LogP contribution in [0.5, 0.6) is 0 Å². The summed E-state index contributed by atoms with van der Waals surface area (Å²) >= 11 is 1.63. The summed E-state index contributed by atoms with van der Waals surface area (Å²) < 4.78 is 0. The Morgan fingerprint density at radius 2 is 2.00 bits per heavy atom. The van der Waals surface area contributed by atoms with E-state index < -0.39 is 0 Å². The molecule has 112 valence electrons. The van der Waals surface area contributed by atoms with Gasteiger partial charge in [-0.1, -0.05) is 55.5 Å². The van der Waals surface area contributed by atoms with Gasteiger partial charge in [-0.05, 0) is 18.3 Å². The molecule has 1 atom stereocenters. The van der Waals surface area contributed by atoms with Crippen molar-refractivity contribution >= 4 is 16.5 Å². The molecule has 0 bridgehead atoms. The van der Waals surface area contributed by atoms with Gasteiger partial charge in [0.2, 0.25) is 5.13 Å². The van der Waals surface area contributed by atoms with Gasteiger partial charge in [0.25, 0.3) is 0 Å². The van der Waals surface area contributed by atoms with Gasteiger partial charge in [0, 0.05) is 18.7 Å². The van der Waals surface area contributed by atoms with Crippen LogP contribution in [0.25, 0.3) is 10.6 Å². The van der Waals surface area contributed by atoms with Gasteiger partial charge in [-0.25, -0.2) is 0 Å². The number of hydrogen-bond donors (Lipinski definition) is 1. The van der Waals surface area contributed by atoms with Crippen LogP contribution in [0.1, 0.15) is 26.7 Å². The molecule has 4 nitrogen and oxygen atoms in total. The molecule has 1 aromatic carbocycles. The Balaban J connectivity index is 1.82. The highest BCUT2D eigenvalue weighted by Crippen LogP contribution is 2.34. The van der Waals surface area contributed by atoms with Gasteiger partial charge in [0.15, 0.2) is 0 Å². The lowest BCUT2D eigenvalue weighted by Gasteiger charge is -2.29. The Hall–Kier alpha value is -1.46. The van der Waals surface area contributed by atoms with E-state index in [-0.39, 0.29) is 11.5 Å². The molecule has 0 amide bonds. The van der Waals surface area contributed by atoms with Crippen molar-refractivity contribution in [2.75, 3.05) is 18.0 Å². The molecule has 1 saturated heterocycles. The van der Waals surface area contributed by atoms with Crippen LogP contribution in [-0.2, 0) is 0 Å². The molecule has 1 N–H and O–H groups in total. The minimum Gasteiger partial charge on any atom is -0.393 e. The van der Waals surface area contributed by atoms with Crippen LogP contribution in [0.4, 0.5) is 5.13 Å². The molecule has 0 spiro atoms. The minimum absolute atomic E-state index is 0.0918. The topological polar surface area (TPSA) is 49.2 Å². The molecule has 3 rings (SSSR count). The lowest BCUT2D eigenvalue weighted by molar-refractivity contribution is 0.123. The fraction of sp³-hybridized carbons (Fsp3) is 0.500. The van der Waals surface area contributed by atoms with Gasteiger partial charge in [0.05, 0.1) is 6.10 Å². The maximum absolute atomic E-state index is 10.0. The van der Waals surface area contributed by atoms with E-state index >= 15 is 0 Å². The number of nitrogens with zero attached hydrogens (tertiary/aromatic N) is 3. The molecule has 5 heteroatoms. The minimum atomic E-state index is -0.216. The fourth-order valence-electron chi connectivity index (χ4n) is 2.91. The average Bonchev–Trinajstić information content (AvgIpc) is 2.88. The van der Waals surface area contributed by atoms with Gasteiger partial charge in [-0.15, -0.1) is 10.2 Å². The number of rotatable bonds is 2. The van der Waals surface area contributed by atoms with E-state index in [4.69, 9.17) is 0 Å². The summed E-state index contributed by atoms with van der Waals surface area (Å²) in [5, 5.41) is 20.6. The smallest absolute Gasteiger partial charge is 0.208 e. The zero-order chi connectivity index (χ0) is 14.9. The molecule has 0 saturated carbocycles. The van der Waals surface area contributed by atoms with Crippen molar-refractivity contribution in [1.82, 2.24) is 10.2 Å². The maximum Gasteiger partial charge on any atom is 0.208 e. The highest BCUT2D eigenvalue weighted by molar-refractivity contribution is 7.18. The van der Waals surface area contributed by atoms with Crippen LogP contribution in [0.15, 0.2) is 30.3 Å². The number of benzene rings is 1. The predicted octanol–water partition coefficient (Wildman–Crippen LogP) is 3.19. The third kappa shape index (κ3) is 3.41. The second-order valence-corrected chi connectivity index (χ2v) is 7.44. The number of aromatic nitrogens is 2. The predicted molar refractivity (Wildman–Crippen MR) is 86.6 cm³/mol. The number of anilines is 1. The third-order valence-corrected chi connectivity index (χ3v) is 4.88. The van der Waals surface area contributed by atoms with Crippen molar-refractivity contribution in [2.24, 2.45) is 5.41 Å². The van der Waals surface area contributed by atoms with E-state index in [1.54, 1.807) is 11.3 Å². The lowest BCUT2D eigenvalue weighted by Crippen LogP contribution is -2.32. The van der Waals surface area contributed by atoms with E-state index in [0.717, 1.165) is 41.6 Å². The second-order valence-electron chi connectivity index (χ2n) is 6.49. The van der Waals surface area contributed by atoms with Crippen LogP contribution in [0.3, 0.4) is 0 Å². The SMILES string of the molecule is CC1(C)C[C@H](O)CCN(c2nnc(-c3ccccc3)s2)C1. The lowest BCUT2D eigenvalue weighted by atomic mass is 9.87. The summed E-state index contributed by atoms with van der Waals surface area (Å²) in [6, 6.07) is 10.1. The molecular weight excluding hydrogens is 282 g/mol. The zero-order valence-electron chi connectivity index (χ0n) is 12.5. The fourth-order valence-corrected chi connectivity index (χ4v) is 3.78. The van der Waals surface area contributed by atoms with E-state index in [9.17, 15) is 5.11 Å². The molecule has 0 aliphatic carbocycles. The molecule has 21 heavy (non-hydrogen) atoms. The molecular formula is C16H21N3OS. The summed E-state index contributed by atoms with van der Waals surface area (Å²) in [5.74, 6) is 0. The Morgan fingerprint density at radius 1 is 1.24 bits per heavy atom. The van der Waals surface area contributed by atoms with Gasteiger partial charge >= 0.3 is 0 Å². The van der Waals surface area contributed by atoms with Crippen molar-refractivity contribution in [3.05, 3.63) is 30.3 Å². The molecule has 0 unspecified atom stereocenters. The summed E-state index contributed by atoms with van der Waals surface area (Å²) in [4.78, 5) is 2.26. The molecule has 1 fully saturated rings. The van der Waals surface area contributed by atoms with Crippen molar-refractivity contribution < 1.29 is 5.11 Å². The number of hydrogen-bond acceptors (Lipinski definition) is 5. The maximum atomic E-state index is 10.0. The van der Waals surface area contributed by atoms with Crippen LogP contribution >= 0.6 is 11.3 Å². The molecule has 1 aliphatic heterocycles. The van der Waals surface area contributed by atoms with Gasteiger partial charge in [0.1, 0.15) is 5.01 Å². The summed E-state index contributed by atoms with van der Waals surface area (Å²) in [7, 11) is 0. The molecule has 1 aromatic heterocycles. The largest absolute Gasteiger partial charge is 0.393 e. The highest BCUT2D eigenvalue weighted by atomic mass is 32.1. The monoisotopic (exact) mass is 303 g/mol. The first kappa shape index (κ1) is 14.5. The molecule has 1 aliphatic rings. The van der Waals surface area contributed by atoms with Crippen molar-refractivity contribution in [3.8, 4) is 10.6 Å². The van der Waals surface area contributed by atoms with Crippen molar-refractivity contribution in [2.45, 2.75) is 32.8 Å². The normalized spacial score (nSPS) is 22.0.